The van der Waals surface area contributed by atoms with Gasteiger partial charge < -0.3 is 10.0 Å². The summed E-state index contributed by atoms with van der Waals surface area (Å²) in [6.07, 6.45) is 2.87. The summed E-state index contributed by atoms with van der Waals surface area (Å²) in [4.78, 5) is 22.6. The Kier molecular flexibility index (Phi) is 5.05. The van der Waals surface area contributed by atoms with Crippen molar-refractivity contribution in [2.45, 2.75) is 44.8 Å². The highest BCUT2D eigenvalue weighted by Crippen LogP contribution is 2.38. The molecule has 1 aromatic carbocycles. The fourth-order valence-corrected chi connectivity index (χ4v) is 5.40. The van der Waals surface area contributed by atoms with Gasteiger partial charge in [-0.05, 0) is 51.8 Å². The smallest absolute Gasteiger partial charge is 0.265 e. The Morgan fingerprint density at radius 1 is 1.19 bits per heavy atom. The minimum atomic E-state index is -0.916. The average molecular weight is 386 g/mol. The SMILES string of the molecule is Cc1nc(C)c(C(=O)N2CC[C@](O)(c3ccccc3)[C@H](N3CCCC3)C2)s1. The molecular weight excluding hydrogens is 358 g/mol. The molecule has 4 rings (SSSR count). The maximum absolute atomic E-state index is 13.1. The van der Waals surface area contributed by atoms with Gasteiger partial charge in [-0.25, -0.2) is 4.98 Å². The summed E-state index contributed by atoms with van der Waals surface area (Å²) in [5.74, 6) is 0.0532. The van der Waals surface area contributed by atoms with Crippen molar-refractivity contribution >= 4 is 17.2 Å². The van der Waals surface area contributed by atoms with Crippen LogP contribution in [0.5, 0.6) is 0 Å². The summed E-state index contributed by atoms with van der Waals surface area (Å²) in [5.41, 5.74) is 0.851. The Labute approximate surface area is 164 Å². The number of thiazole rings is 1. The molecule has 1 amide bonds. The Morgan fingerprint density at radius 2 is 1.89 bits per heavy atom. The van der Waals surface area contributed by atoms with Crippen LogP contribution in [-0.4, -0.2) is 58.0 Å². The van der Waals surface area contributed by atoms with E-state index in [0.717, 1.165) is 47.1 Å². The van der Waals surface area contributed by atoms with Crippen LogP contribution >= 0.6 is 11.3 Å². The molecule has 27 heavy (non-hydrogen) atoms. The first-order valence-corrected chi connectivity index (χ1v) is 10.6. The third-order valence-electron chi connectivity index (χ3n) is 5.95. The van der Waals surface area contributed by atoms with E-state index >= 15 is 0 Å². The number of rotatable bonds is 3. The molecule has 2 aliphatic heterocycles. The number of benzene rings is 1. The number of hydrogen-bond acceptors (Lipinski definition) is 5. The van der Waals surface area contributed by atoms with Crippen LogP contribution in [0.3, 0.4) is 0 Å². The van der Waals surface area contributed by atoms with Gasteiger partial charge >= 0.3 is 0 Å². The zero-order valence-corrected chi connectivity index (χ0v) is 16.8. The maximum Gasteiger partial charge on any atom is 0.265 e. The number of carbonyl (C=O) groups is 1. The minimum absolute atomic E-state index is 0.0532. The van der Waals surface area contributed by atoms with Gasteiger partial charge in [0.1, 0.15) is 10.5 Å². The standard InChI is InChI=1S/C21H27N3O2S/c1-15-19(27-16(2)22-15)20(25)24-13-10-21(26,17-8-4-3-5-9-17)18(14-24)23-11-6-7-12-23/h3-5,8-9,18,26H,6-7,10-14H2,1-2H3/t18-,21+/m1/s1. The summed E-state index contributed by atoms with van der Waals surface area (Å²) in [6, 6.07) is 9.89. The normalized spacial score (nSPS) is 26.5. The summed E-state index contributed by atoms with van der Waals surface area (Å²) in [6.45, 7) is 6.93. The first-order valence-electron chi connectivity index (χ1n) is 9.74. The lowest BCUT2D eigenvalue weighted by atomic mass is 9.79. The highest BCUT2D eigenvalue weighted by Gasteiger charge is 2.47. The van der Waals surface area contributed by atoms with Gasteiger partial charge in [0.05, 0.1) is 16.7 Å². The van der Waals surface area contributed by atoms with E-state index in [9.17, 15) is 9.90 Å². The fraction of sp³-hybridized carbons (Fsp3) is 0.524. The Morgan fingerprint density at radius 3 is 2.52 bits per heavy atom. The van der Waals surface area contributed by atoms with Crippen LogP contribution in [0.25, 0.3) is 0 Å². The van der Waals surface area contributed by atoms with Crippen molar-refractivity contribution < 1.29 is 9.90 Å². The van der Waals surface area contributed by atoms with Crippen LogP contribution in [0.15, 0.2) is 30.3 Å². The van der Waals surface area contributed by atoms with Crippen LogP contribution in [-0.2, 0) is 5.60 Å². The van der Waals surface area contributed by atoms with Gasteiger partial charge in [0.15, 0.2) is 0 Å². The van der Waals surface area contributed by atoms with Crippen molar-refractivity contribution in [1.82, 2.24) is 14.8 Å². The van der Waals surface area contributed by atoms with E-state index in [4.69, 9.17) is 0 Å². The number of amides is 1. The quantitative estimate of drug-likeness (QED) is 0.883. The van der Waals surface area contributed by atoms with Crippen LogP contribution in [0.1, 0.15) is 45.2 Å². The van der Waals surface area contributed by atoms with Gasteiger partial charge in [-0.1, -0.05) is 30.3 Å². The van der Waals surface area contributed by atoms with Crippen molar-refractivity contribution in [2.75, 3.05) is 26.2 Å². The van der Waals surface area contributed by atoms with Gasteiger partial charge in [-0.3, -0.25) is 9.69 Å². The Balaban J connectivity index is 1.63. The van der Waals surface area contributed by atoms with Crippen LogP contribution in [0.4, 0.5) is 0 Å². The number of aromatic nitrogens is 1. The van der Waals surface area contributed by atoms with Crippen LogP contribution in [0.2, 0.25) is 0 Å². The molecule has 2 fully saturated rings. The van der Waals surface area contributed by atoms with E-state index in [1.165, 1.54) is 11.3 Å². The van der Waals surface area contributed by atoms with E-state index in [-0.39, 0.29) is 11.9 Å². The zero-order valence-electron chi connectivity index (χ0n) is 16.0. The van der Waals surface area contributed by atoms with E-state index < -0.39 is 5.60 Å². The zero-order chi connectivity index (χ0) is 19.0. The molecule has 1 N–H and O–H groups in total. The maximum atomic E-state index is 13.1. The third kappa shape index (κ3) is 3.42. The number of aryl methyl sites for hydroxylation is 2. The molecule has 0 radical (unpaired) electrons. The molecule has 2 saturated heterocycles. The molecule has 2 aromatic rings. The number of aliphatic hydroxyl groups is 1. The number of piperidine rings is 1. The van der Waals surface area contributed by atoms with Crippen molar-refractivity contribution in [3.05, 3.63) is 51.5 Å². The molecule has 0 unspecified atom stereocenters. The molecule has 0 saturated carbocycles. The van der Waals surface area contributed by atoms with E-state index in [1.54, 1.807) is 0 Å². The van der Waals surface area contributed by atoms with E-state index in [1.807, 2.05) is 49.1 Å². The largest absolute Gasteiger partial charge is 0.383 e. The second-order valence-electron chi connectivity index (χ2n) is 7.70. The second kappa shape index (κ2) is 7.34. The molecule has 3 heterocycles. The molecule has 5 nitrogen and oxygen atoms in total. The van der Waals surface area contributed by atoms with E-state index in [2.05, 4.69) is 9.88 Å². The number of hydrogen-bond donors (Lipinski definition) is 1. The second-order valence-corrected chi connectivity index (χ2v) is 8.90. The monoisotopic (exact) mass is 385 g/mol. The predicted octanol–water partition coefficient (Wildman–Crippen LogP) is 2.96. The van der Waals surface area contributed by atoms with Crippen LogP contribution in [0, 0.1) is 13.8 Å². The van der Waals surface area contributed by atoms with Gasteiger partial charge in [0.25, 0.3) is 5.91 Å². The highest BCUT2D eigenvalue weighted by atomic mass is 32.1. The fourth-order valence-electron chi connectivity index (χ4n) is 4.52. The first-order chi connectivity index (χ1) is 13.0. The molecular formula is C21H27N3O2S. The molecule has 0 spiro atoms. The summed E-state index contributed by atoms with van der Waals surface area (Å²) >= 11 is 1.47. The lowest BCUT2D eigenvalue weighted by Gasteiger charge is -2.48. The highest BCUT2D eigenvalue weighted by molar-refractivity contribution is 7.13. The number of carbonyl (C=O) groups excluding carboxylic acids is 1. The molecule has 2 atom stereocenters. The Hall–Kier alpha value is -1.76. The van der Waals surface area contributed by atoms with Gasteiger partial charge in [-0.15, -0.1) is 11.3 Å². The van der Waals surface area contributed by atoms with Crippen molar-refractivity contribution in [2.24, 2.45) is 0 Å². The number of nitrogens with zero attached hydrogens (tertiary/aromatic N) is 3. The molecule has 0 bridgehead atoms. The predicted molar refractivity (Wildman–Crippen MR) is 107 cm³/mol. The molecule has 144 valence electrons. The van der Waals surface area contributed by atoms with E-state index in [0.29, 0.717) is 19.5 Å². The van der Waals surface area contributed by atoms with Crippen molar-refractivity contribution in [1.29, 1.82) is 0 Å². The lowest BCUT2D eigenvalue weighted by Crippen LogP contribution is -2.61. The molecule has 1 aromatic heterocycles. The summed E-state index contributed by atoms with van der Waals surface area (Å²) in [5, 5.41) is 12.6. The van der Waals surface area contributed by atoms with Gasteiger partial charge in [0, 0.05) is 13.1 Å². The minimum Gasteiger partial charge on any atom is -0.383 e. The van der Waals surface area contributed by atoms with Crippen molar-refractivity contribution in [3.63, 3.8) is 0 Å². The first kappa shape index (κ1) is 18.6. The third-order valence-corrected chi connectivity index (χ3v) is 7.01. The topological polar surface area (TPSA) is 56.7 Å². The molecule has 2 aliphatic rings. The molecule has 0 aliphatic carbocycles. The molecule has 6 heteroatoms. The number of likely N-dealkylation sites (tertiary alicyclic amines) is 2. The van der Waals surface area contributed by atoms with Gasteiger partial charge in [-0.2, -0.15) is 0 Å². The summed E-state index contributed by atoms with van der Waals surface area (Å²) in [7, 11) is 0. The van der Waals surface area contributed by atoms with Crippen molar-refractivity contribution in [3.8, 4) is 0 Å². The lowest BCUT2D eigenvalue weighted by molar-refractivity contribution is -0.0877. The average Bonchev–Trinajstić information content (AvgIpc) is 3.32. The summed E-state index contributed by atoms with van der Waals surface area (Å²) < 4.78 is 0. The Bertz CT molecular complexity index is 816. The van der Waals surface area contributed by atoms with Crippen LogP contribution < -0.4 is 0 Å². The van der Waals surface area contributed by atoms with Gasteiger partial charge in [0.2, 0.25) is 0 Å².